The molecule has 2 atom stereocenters. The quantitative estimate of drug-likeness (QED) is 0.303. The van der Waals surface area contributed by atoms with Gasteiger partial charge in [-0.05, 0) is 52.4 Å². The molecule has 1 aliphatic heterocycles. The van der Waals surface area contributed by atoms with Crippen LogP contribution in [0.15, 0.2) is 23.2 Å². The second-order valence-electron chi connectivity index (χ2n) is 8.73. The van der Waals surface area contributed by atoms with E-state index in [0.29, 0.717) is 19.0 Å². The van der Waals surface area contributed by atoms with Gasteiger partial charge < -0.3 is 20.4 Å². The first-order valence-electron chi connectivity index (χ1n) is 11.3. The second-order valence-corrected chi connectivity index (χ2v) is 8.73. The number of likely N-dealkylation sites (tertiary alicyclic amines) is 1. The zero-order valence-corrected chi connectivity index (χ0v) is 21.6. The van der Waals surface area contributed by atoms with Crippen LogP contribution in [0.25, 0.3) is 0 Å². The number of nitrogens with one attached hydrogen (secondary N) is 2. The highest BCUT2D eigenvalue weighted by Gasteiger charge is 2.32. The Morgan fingerprint density at radius 2 is 1.88 bits per heavy atom. The lowest BCUT2D eigenvalue weighted by Gasteiger charge is -2.25. The maximum Gasteiger partial charge on any atom is 0.225 e. The lowest BCUT2D eigenvalue weighted by Crippen LogP contribution is -2.45. The highest BCUT2D eigenvalue weighted by molar-refractivity contribution is 14.0. The van der Waals surface area contributed by atoms with E-state index in [9.17, 15) is 13.6 Å². The van der Waals surface area contributed by atoms with Crippen LogP contribution in [0.3, 0.4) is 0 Å². The summed E-state index contributed by atoms with van der Waals surface area (Å²) < 4.78 is 28.6. The molecule has 3 rings (SSSR count). The van der Waals surface area contributed by atoms with E-state index in [-0.39, 0.29) is 54.0 Å². The van der Waals surface area contributed by atoms with Crippen LogP contribution in [-0.4, -0.2) is 68.0 Å². The lowest BCUT2D eigenvalue weighted by atomic mass is 10.0. The first-order chi connectivity index (χ1) is 14.9. The van der Waals surface area contributed by atoms with Crippen molar-refractivity contribution in [3.8, 4) is 0 Å². The number of amides is 1. The van der Waals surface area contributed by atoms with E-state index in [1.54, 1.807) is 19.0 Å². The smallest absolute Gasteiger partial charge is 0.225 e. The van der Waals surface area contributed by atoms with E-state index < -0.39 is 17.7 Å². The van der Waals surface area contributed by atoms with Gasteiger partial charge in [-0.1, -0.05) is 18.9 Å². The van der Waals surface area contributed by atoms with Crippen LogP contribution in [0.1, 0.15) is 50.6 Å². The van der Waals surface area contributed by atoms with Gasteiger partial charge >= 0.3 is 0 Å². The number of hydrogen-bond donors (Lipinski definition) is 2. The largest absolute Gasteiger partial charge is 0.357 e. The van der Waals surface area contributed by atoms with Gasteiger partial charge in [0.15, 0.2) is 5.96 Å². The molecule has 1 aliphatic carbocycles. The molecule has 1 heterocycles. The Hall–Kier alpha value is -1.49. The number of benzene rings is 1. The van der Waals surface area contributed by atoms with Crippen LogP contribution in [0.5, 0.6) is 0 Å². The third-order valence-electron chi connectivity index (χ3n) is 6.27. The van der Waals surface area contributed by atoms with Crippen molar-refractivity contribution in [3.05, 3.63) is 35.4 Å². The SMILES string of the molecule is CCNC(=NCC(c1c(F)cccc1F)N(C)C)NC1CCN(C(=O)C2CCCC2)C1.I. The first kappa shape index (κ1) is 26.8. The molecule has 1 saturated heterocycles. The van der Waals surface area contributed by atoms with Crippen molar-refractivity contribution in [2.75, 3.05) is 40.3 Å². The normalized spacial score (nSPS) is 20.4. The Kier molecular flexibility index (Phi) is 10.6. The minimum Gasteiger partial charge on any atom is -0.357 e. The maximum atomic E-state index is 14.3. The Balaban J connectivity index is 0.00000363. The van der Waals surface area contributed by atoms with E-state index in [2.05, 4.69) is 15.6 Å². The minimum atomic E-state index is -0.566. The van der Waals surface area contributed by atoms with Crippen LogP contribution in [-0.2, 0) is 4.79 Å². The van der Waals surface area contributed by atoms with Gasteiger partial charge in [-0.2, -0.15) is 0 Å². The minimum absolute atomic E-state index is 0. The van der Waals surface area contributed by atoms with Gasteiger partial charge in [-0.3, -0.25) is 9.79 Å². The summed E-state index contributed by atoms with van der Waals surface area (Å²) in [6.45, 7) is 4.27. The molecule has 1 aromatic rings. The van der Waals surface area contributed by atoms with E-state index in [1.807, 2.05) is 11.8 Å². The molecule has 32 heavy (non-hydrogen) atoms. The number of aliphatic imine (C=N–C) groups is 1. The van der Waals surface area contributed by atoms with Gasteiger partial charge in [-0.25, -0.2) is 8.78 Å². The van der Waals surface area contributed by atoms with E-state index in [0.717, 1.165) is 38.6 Å². The van der Waals surface area contributed by atoms with Gasteiger partial charge in [0.05, 0.1) is 12.6 Å². The zero-order valence-electron chi connectivity index (χ0n) is 19.2. The fourth-order valence-electron chi connectivity index (χ4n) is 4.54. The van der Waals surface area contributed by atoms with Gasteiger partial charge in [0.25, 0.3) is 0 Å². The molecule has 2 aliphatic rings. The summed E-state index contributed by atoms with van der Waals surface area (Å²) in [4.78, 5) is 21.0. The summed E-state index contributed by atoms with van der Waals surface area (Å²) in [5.74, 6) is -0.0534. The molecule has 6 nitrogen and oxygen atoms in total. The Bertz CT molecular complexity index is 765. The summed E-state index contributed by atoms with van der Waals surface area (Å²) in [5, 5.41) is 6.62. The molecular weight excluding hydrogens is 527 g/mol. The third-order valence-corrected chi connectivity index (χ3v) is 6.27. The van der Waals surface area contributed by atoms with Crippen molar-refractivity contribution in [1.82, 2.24) is 20.4 Å². The first-order valence-corrected chi connectivity index (χ1v) is 11.3. The molecule has 180 valence electrons. The van der Waals surface area contributed by atoms with Crippen LogP contribution < -0.4 is 10.6 Å². The number of likely N-dealkylation sites (N-methyl/N-ethyl adjacent to an activating group) is 1. The summed E-state index contributed by atoms with van der Waals surface area (Å²) >= 11 is 0. The van der Waals surface area contributed by atoms with Crippen molar-refractivity contribution in [2.24, 2.45) is 10.9 Å². The molecule has 0 spiro atoms. The molecule has 0 radical (unpaired) electrons. The van der Waals surface area contributed by atoms with Crippen molar-refractivity contribution in [1.29, 1.82) is 0 Å². The Morgan fingerprint density at radius 3 is 2.47 bits per heavy atom. The molecule has 2 fully saturated rings. The number of nitrogens with zero attached hydrogens (tertiary/aromatic N) is 3. The number of rotatable bonds is 7. The number of guanidine groups is 1. The van der Waals surface area contributed by atoms with Crippen LogP contribution in [0.2, 0.25) is 0 Å². The van der Waals surface area contributed by atoms with E-state index in [4.69, 9.17) is 0 Å². The maximum absolute atomic E-state index is 14.3. The standard InChI is InChI=1S/C23H35F2N5O.HI/c1-4-26-23(27-14-20(29(2)3)21-18(24)10-7-11-19(21)25)28-17-12-13-30(15-17)22(31)16-8-5-6-9-16;/h7,10-11,16-17,20H,4-6,8-9,12-15H2,1-3H3,(H2,26,27,28);1H. The zero-order chi connectivity index (χ0) is 22.4. The molecule has 0 aromatic heterocycles. The highest BCUT2D eigenvalue weighted by atomic mass is 127. The molecule has 2 N–H and O–H groups in total. The number of carbonyl (C=O) groups is 1. The van der Waals surface area contributed by atoms with E-state index >= 15 is 0 Å². The fourth-order valence-corrected chi connectivity index (χ4v) is 4.54. The van der Waals surface area contributed by atoms with Crippen molar-refractivity contribution in [3.63, 3.8) is 0 Å². The third kappa shape index (κ3) is 6.76. The summed E-state index contributed by atoms with van der Waals surface area (Å²) in [6, 6.07) is 3.51. The second kappa shape index (κ2) is 12.7. The van der Waals surface area contributed by atoms with Gasteiger partial charge in [0.1, 0.15) is 11.6 Å². The topological polar surface area (TPSA) is 60.0 Å². The highest BCUT2D eigenvalue weighted by Crippen LogP contribution is 2.28. The predicted octanol–water partition coefficient (Wildman–Crippen LogP) is 3.53. The summed E-state index contributed by atoms with van der Waals surface area (Å²) in [6.07, 6.45) is 5.19. The molecular formula is C23H36F2IN5O. The Morgan fingerprint density at radius 1 is 1.22 bits per heavy atom. The average molecular weight is 563 g/mol. The lowest BCUT2D eigenvalue weighted by molar-refractivity contribution is -0.134. The number of halogens is 3. The predicted molar refractivity (Wildman–Crippen MR) is 134 cm³/mol. The molecule has 1 amide bonds. The number of carbonyl (C=O) groups excluding carboxylic acids is 1. The van der Waals surface area contributed by atoms with Crippen molar-refractivity contribution < 1.29 is 13.6 Å². The molecule has 1 aromatic carbocycles. The summed E-state index contributed by atoms with van der Waals surface area (Å²) in [5.41, 5.74) is 0.0290. The van der Waals surface area contributed by atoms with Gasteiger partial charge in [0.2, 0.25) is 5.91 Å². The monoisotopic (exact) mass is 563 g/mol. The Labute approximate surface area is 207 Å². The molecule has 1 saturated carbocycles. The average Bonchev–Trinajstić information content (AvgIpc) is 3.41. The fraction of sp³-hybridized carbons (Fsp3) is 0.652. The van der Waals surface area contributed by atoms with Crippen molar-refractivity contribution in [2.45, 2.75) is 51.1 Å². The molecule has 2 unspecified atom stereocenters. The molecule has 9 heteroatoms. The molecule has 0 bridgehead atoms. The van der Waals surface area contributed by atoms with Gasteiger partial charge in [-0.15, -0.1) is 24.0 Å². The summed E-state index contributed by atoms with van der Waals surface area (Å²) in [7, 11) is 3.58. The van der Waals surface area contributed by atoms with Gasteiger partial charge in [0, 0.05) is 37.2 Å². The van der Waals surface area contributed by atoms with Crippen LogP contribution in [0.4, 0.5) is 8.78 Å². The van der Waals surface area contributed by atoms with Crippen molar-refractivity contribution >= 4 is 35.8 Å². The van der Waals surface area contributed by atoms with E-state index in [1.165, 1.54) is 18.2 Å². The van der Waals surface area contributed by atoms with Crippen LogP contribution in [0, 0.1) is 17.6 Å². The number of hydrogen-bond acceptors (Lipinski definition) is 3. The van der Waals surface area contributed by atoms with Crippen LogP contribution >= 0.6 is 24.0 Å².